The Hall–Kier alpha value is -0.0800. The molecule has 0 bridgehead atoms. The Bertz CT molecular complexity index is 194. The molecule has 0 heterocycles. The van der Waals surface area contributed by atoms with Crippen molar-refractivity contribution in [2.75, 3.05) is 6.54 Å². The van der Waals surface area contributed by atoms with E-state index in [4.69, 9.17) is 5.73 Å². The summed E-state index contributed by atoms with van der Waals surface area (Å²) < 4.78 is 0. The zero-order valence-electron chi connectivity index (χ0n) is 14.2. The Kier molecular flexibility index (Phi) is 13.8. The Morgan fingerprint density at radius 1 is 0.850 bits per heavy atom. The van der Waals surface area contributed by atoms with Gasteiger partial charge in [-0.25, -0.2) is 0 Å². The molecule has 122 valence electrons. The molecule has 0 radical (unpaired) electrons. The molecule has 0 aromatic carbocycles. The number of aliphatic hydroxyl groups excluding tert-OH is 1. The molecule has 2 nitrogen and oxygen atoms in total. The van der Waals surface area contributed by atoms with Gasteiger partial charge >= 0.3 is 0 Å². The van der Waals surface area contributed by atoms with Crippen LogP contribution in [-0.2, 0) is 0 Å². The first kappa shape index (κ1) is 19.9. The van der Waals surface area contributed by atoms with Gasteiger partial charge in [-0.2, -0.15) is 0 Å². The SMILES string of the molecule is CCCCCCCCCCCC(O)C(CN)CC(C)C. The fourth-order valence-electron chi connectivity index (χ4n) is 2.92. The zero-order valence-corrected chi connectivity index (χ0v) is 14.2. The standard InChI is InChI=1S/C18H39NO/c1-4-5-6-7-8-9-10-11-12-13-18(20)17(15-19)14-16(2)3/h16-18,20H,4-15,19H2,1-3H3. The van der Waals surface area contributed by atoms with Crippen molar-refractivity contribution in [3.63, 3.8) is 0 Å². The average molecular weight is 286 g/mol. The Morgan fingerprint density at radius 3 is 1.80 bits per heavy atom. The van der Waals surface area contributed by atoms with Gasteiger partial charge in [0.25, 0.3) is 0 Å². The summed E-state index contributed by atoms with van der Waals surface area (Å²) in [5, 5.41) is 10.2. The molecule has 2 atom stereocenters. The van der Waals surface area contributed by atoms with E-state index in [-0.39, 0.29) is 6.10 Å². The van der Waals surface area contributed by atoms with Crippen LogP contribution in [0, 0.1) is 11.8 Å². The van der Waals surface area contributed by atoms with E-state index >= 15 is 0 Å². The van der Waals surface area contributed by atoms with Gasteiger partial charge in [-0.15, -0.1) is 0 Å². The maximum Gasteiger partial charge on any atom is 0.0580 e. The van der Waals surface area contributed by atoms with E-state index in [1.54, 1.807) is 0 Å². The molecule has 0 aliphatic carbocycles. The van der Waals surface area contributed by atoms with Crippen LogP contribution in [-0.4, -0.2) is 17.8 Å². The molecule has 0 aromatic rings. The highest BCUT2D eigenvalue weighted by atomic mass is 16.3. The van der Waals surface area contributed by atoms with E-state index in [1.165, 1.54) is 51.4 Å². The molecule has 0 aromatic heterocycles. The third kappa shape index (κ3) is 11.7. The molecule has 0 rings (SSSR count). The Morgan fingerprint density at radius 2 is 1.35 bits per heavy atom. The van der Waals surface area contributed by atoms with Crippen LogP contribution >= 0.6 is 0 Å². The predicted molar refractivity (Wildman–Crippen MR) is 89.9 cm³/mol. The number of hydrogen-bond acceptors (Lipinski definition) is 2. The Labute approximate surface area is 127 Å². The first-order chi connectivity index (χ1) is 9.61. The van der Waals surface area contributed by atoms with Gasteiger partial charge in [0.15, 0.2) is 0 Å². The first-order valence-electron chi connectivity index (χ1n) is 8.99. The molecule has 0 aliphatic rings. The molecule has 0 saturated heterocycles. The topological polar surface area (TPSA) is 46.2 Å². The normalized spacial score (nSPS) is 14.7. The van der Waals surface area contributed by atoms with Gasteiger partial charge in [0.1, 0.15) is 0 Å². The van der Waals surface area contributed by atoms with Crippen molar-refractivity contribution >= 4 is 0 Å². The van der Waals surface area contributed by atoms with Crippen LogP contribution in [0.3, 0.4) is 0 Å². The lowest BCUT2D eigenvalue weighted by molar-refractivity contribution is 0.0882. The molecule has 0 aliphatic heterocycles. The summed E-state index contributed by atoms with van der Waals surface area (Å²) >= 11 is 0. The van der Waals surface area contributed by atoms with E-state index in [9.17, 15) is 5.11 Å². The van der Waals surface area contributed by atoms with Crippen LogP contribution < -0.4 is 5.73 Å². The van der Waals surface area contributed by atoms with E-state index < -0.39 is 0 Å². The minimum Gasteiger partial charge on any atom is -0.393 e. The second-order valence-electron chi connectivity index (χ2n) is 6.81. The molecule has 0 fully saturated rings. The number of rotatable bonds is 14. The maximum atomic E-state index is 10.2. The molecule has 20 heavy (non-hydrogen) atoms. The number of unbranched alkanes of at least 4 members (excludes halogenated alkanes) is 8. The zero-order chi connectivity index (χ0) is 15.2. The predicted octanol–water partition coefficient (Wildman–Crippen LogP) is 4.89. The fourth-order valence-corrected chi connectivity index (χ4v) is 2.92. The van der Waals surface area contributed by atoms with Crippen LogP contribution in [0.1, 0.15) is 91.4 Å². The van der Waals surface area contributed by atoms with Crippen LogP contribution in [0.2, 0.25) is 0 Å². The highest BCUT2D eigenvalue weighted by Crippen LogP contribution is 2.19. The third-order valence-electron chi connectivity index (χ3n) is 4.22. The van der Waals surface area contributed by atoms with Crippen molar-refractivity contribution in [2.45, 2.75) is 97.5 Å². The van der Waals surface area contributed by atoms with Crippen LogP contribution in [0.15, 0.2) is 0 Å². The molecule has 2 heteroatoms. The van der Waals surface area contributed by atoms with Crippen molar-refractivity contribution in [3.05, 3.63) is 0 Å². The molecule has 3 N–H and O–H groups in total. The quantitative estimate of drug-likeness (QED) is 0.446. The monoisotopic (exact) mass is 285 g/mol. The van der Waals surface area contributed by atoms with Crippen molar-refractivity contribution < 1.29 is 5.11 Å². The average Bonchev–Trinajstić information content (AvgIpc) is 2.42. The molecular weight excluding hydrogens is 246 g/mol. The maximum absolute atomic E-state index is 10.2. The van der Waals surface area contributed by atoms with Crippen molar-refractivity contribution in [3.8, 4) is 0 Å². The molecule has 0 spiro atoms. The second kappa shape index (κ2) is 13.9. The molecule has 0 amide bonds. The highest BCUT2D eigenvalue weighted by Gasteiger charge is 2.18. The summed E-state index contributed by atoms with van der Waals surface area (Å²) in [6.07, 6.45) is 13.8. The molecule has 0 saturated carbocycles. The van der Waals surface area contributed by atoms with Gasteiger partial charge in [-0.05, 0) is 31.2 Å². The van der Waals surface area contributed by atoms with Crippen LogP contribution in [0.25, 0.3) is 0 Å². The van der Waals surface area contributed by atoms with E-state index in [1.807, 2.05) is 0 Å². The van der Waals surface area contributed by atoms with Crippen LogP contribution in [0.5, 0.6) is 0 Å². The largest absolute Gasteiger partial charge is 0.393 e. The first-order valence-corrected chi connectivity index (χ1v) is 8.99. The lowest BCUT2D eigenvalue weighted by Crippen LogP contribution is -2.29. The second-order valence-corrected chi connectivity index (χ2v) is 6.81. The van der Waals surface area contributed by atoms with Gasteiger partial charge in [-0.1, -0.05) is 78.6 Å². The van der Waals surface area contributed by atoms with Crippen LogP contribution in [0.4, 0.5) is 0 Å². The summed E-state index contributed by atoms with van der Waals surface area (Å²) in [4.78, 5) is 0. The van der Waals surface area contributed by atoms with Gasteiger partial charge in [0.2, 0.25) is 0 Å². The van der Waals surface area contributed by atoms with E-state index in [0.29, 0.717) is 18.4 Å². The summed E-state index contributed by atoms with van der Waals surface area (Å²) in [5.41, 5.74) is 5.77. The van der Waals surface area contributed by atoms with Crippen molar-refractivity contribution in [2.24, 2.45) is 17.6 Å². The third-order valence-corrected chi connectivity index (χ3v) is 4.22. The summed E-state index contributed by atoms with van der Waals surface area (Å²) in [7, 11) is 0. The van der Waals surface area contributed by atoms with Crippen molar-refractivity contribution in [1.82, 2.24) is 0 Å². The highest BCUT2D eigenvalue weighted by molar-refractivity contribution is 4.71. The Balaban J connectivity index is 3.44. The minimum absolute atomic E-state index is 0.188. The lowest BCUT2D eigenvalue weighted by Gasteiger charge is -2.23. The molecular formula is C18H39NO. The number of aliphatic hydroxyl groups is 1. The fraction of sp³-hybridized carbons (Fsp3) is 1.00. The minimum atomic E-state index is -0.188. The smallest absolute Gasteiger partial charge is 0.0580 e. The van der Waals surface area contributed by atoms with Crippen molar-refractivity contribution in [1.29, 1.82) is 0 Å². The number of nitrogens with two attached hydrogens (primary N) is 1. The van der Waals surface area contributed by atoms with Gasteiger partial charge in [0, 0.05) is 0 Å². The molecule has 2 unspecified atom stereocenters. The summed E-state index contributed by atoms with van der Waals surface area (Å²) in [6, 6.07) is 0. The van der Waals surface area contributed by atoms with E-state index in [2.05, 4.69) is 20.8 Å². The van der Waals surface area contributed by atoms with Gasteiger partial charge in [0.05, 0.1) is 6.10 Å². The van der Waals surface area contributed by atoms with Gasteiger partial charge in [-0.3, -0.25) is 0 Å². The van der Waals surface area contributed by atoms with Gasteiger partial charge < -0.3 is 10.8 Å². The van der Waals surface area contributed by atoms with E-state index in [0.717, 1.165) is 19.3 Å². The lowest BCUT2D eigenvalue weighted by atomic mass is 9.89. The summed E-state index contributed by atoms with van der Waals surface area (Å²) in [5.74, 6) is 0.922. The number of hydrogen-bond donors (Lipinski definition) is 2. The summed E-state index contributed by atoms with van der Waals surface area (Å²) in [6.45, 7) is 7.29.